The number of phenolic OH excluding ortho intramolecular Hbond substituents is 1. The van der Waals surface area contributed by atoms with Gasteiger partial charge in [0.05, 0.1) is 22.0 Å². The first kappa shape index (κ1) is 17.1. The highest BCUT2D eigenvalue weighted by Gasteiger charge is 2.27. The molecule has 2 aromatic rings. The number of aliphatic hydroxyl groups is 1. The monoisotopic (exact) mass is 334 g/mol. The number of phenols is 1. The van der Waals surface area contributed by atoms with Gasteiger partial charge in [-0.15, -0.1) is 0 Å². The average molecular weight is 334 g/mol. The van der Waals surface area contributed by atoms with Crippen LogP contribution in [-0.4, -0.2) is 20.1 Å². The topological polar surface area (TPSA) is 156 Å². The highest BCUT2D eigenvalue weighted by atomic mass is 16.6. The van der Waals surface area contributed by atoms with Crippen molar-refractivity contribution in [2.45, 2.75) is 13.5 Å². The fraction of sp³-hybridized carbons (Fsp3) is 0.143. The molecule has 0 aliphatic heterocycles. The summed E-state index contributed by atoms with van der Waals surface area (Å²) in [5.41, 5.74) is -0.865. The normalized spacial score (nSPS) is 10.5. The SMILES string of the molecule is Cc1c([N+](=O)[O-])ccc(O)c1N(N)c1c(CO)cccc1[N+](=O)[O-]. The minimum atomic E-state index is -0.696. The van der Waals surface area contributed by atoms with Gasteiger partial charge in [0, 0.05) is 17.7 Å². The number of benzene rings is 2. The van der Waals surface area contributed by atoms with Crippen LogP contribution in [0.3, 0.4) is 0 Å². The number of aliphatic hydroxyl groups excluding tert-OH is 1. The summed E-state index contributed by atoms with van der Waals surface area (Å²) in [5, 5.41) is 42.6. The Morgan fingerprint density at radius 2 is 1.71 bits per heavy atom. The van der Waals surface area contributed by atoms with E-state index in [2.05, 4.69) is 0 Å². The first-order valence-electron chi connectivity index (χ1n) is 6.68. The maximum atomic E-state index is 11.2. The number of nitrogens with zero attached hydrogens (tertiary/aromatic N) is 3. The molecule has 0 saturated heterocycles. The summed E-state index contributed by atoms with van der Waals surface area (Å²) in [4.78, 5) is 21.0. The number of nitro groups is 2. The molecule has 0 aliphatic rings. The quantitative estimate of drug-likeness (QED) is 0.426. The smallest absolute Gasteiger partial charge is 0.294 e. The number of hydrogen-bond acceptors (Lipinski definition) is 8. The molecule has 0 heterocycles. The lowest BCUT2D eigenvalue weighted by molar-refractivity contribution is -0.385. The molecule has 0 aromatic heterocycles. The van der Waals surface area contributed by atoms with Crippen molar-refractivity contribution in [3.63, 3.8) is 0 Å². The summed E-state index contributed by atoms with van der Waals surface area (Å²) in [7, 11) is 0. The van der Waals surface area contributed by atoms with Gasteiger partial charge in [0.1, 0.15) is 17.1 Å². The van der Waals surface area contributed by atoms with Crippen LogP contribution >= 0.6 is 0 Å². The van der Waals surface area contributed by atoms with E-state index in [1.165, 1.54) is 25.1 Å². The van der Waals surface area contributed by atoms with E-state index in [9.17, 15) is 30.4 Å². The molecule has 24 heavy (non-hydrogen) atoms. The van der Waals surface area contributed by atoms with E-state index in [1.54, 1.807) is 0 Å². The number of aromatic hydroxyl groups is 1. The summed E-state index contributed by atoms with van der Waals surface area (Å²) in [6, 6.07) is 6.16. The zero-order valence-electron chi connectivity index (χ0n) is 12.5. The van der Waals surface area contributed by atoms with Crippen molar-refractivity contribution in [3.8, 4) is 5.75 Å². The van der Waals surface area contributed by atoms with Gasteiger partial charge in [-0.1, -0.05) is 12.1 Å². The third kappa shape index (κ3) is 2.83. The summed E-state index contributed by atoms with van der Waals surface area (Å²) < 4.78 is 0. The van der Waals surface area contributed by atoms with E-state index in [1.807, 2.05) is 0 Å². The highest BCUT2D eigenvalue weighted by molar-refractivity contribution is 5.80. The molecule has 0 unspecified atom stereocenters. The lowest BCUT2D eigenvalue weighted by atomic mass is 10.1. The van der Waals surface area contributed by atoms with Crippen molar-refractivity contribution in [2.24, 2.45) is 5.84 Å². The summed E-state index contributed by atoms with van der Waals surface area (Å²) in [6.07, 6.45) is 0. The molecule has 0 amide bonds. The van der Waals surface area contributed by atoms with E-state index >= 15 is 0 Å². The van der Waals surface area contributed by atoms with Gasteiger partial charge in [-0.2, -0.15) is 0 Å². The second-order valence-corrected chi connectivity index (χ2v) is 4.90. The first-order chi connectivity index (χ1) is 11.3. The zero-order valence-corrected chi connectivity index (χ0v) is 12.5. The predicted octanol–water partition coefficient (Wildman–Crippen LogP) is 2.02. The molecule has 4 N–H and O–H groups in total. The number of hydrogen-bond donors (Lipinski definition) is 3. The number of rotatable bonds is 5. The fourth-order valence-electron chi connectivity index (χ4n) is 2.42. The first-order valence-corrected chi connectivity index (χ1v) is 6.68. The van der Waals surface area contributed by atoms with Crippen molar-refractivity contribution in [1.29, 1.82) is 0 Å². The van der Waals surface area contributed by atoms with E-state index in [0.29, 0.717) is 0 Å². The molecular formula is C14H14N4O6. The minimum absolute atomic E-state index is 0.0320. The van der Waals surface area contributed by atoms with Crippen molar-refractivity contribution in [3.05, 3.63) is 61.7 Å². The molecule has 10 heteroatoms. The summed E-state index contributed by atoms with van der Waals surface area (Å²) in [6.45, 7) is 0.819. The van der Waals surface area contributed by atoms with Gasteiger partial charge < -0.3 is 10.2 Å². The van der Waals surface area contributed by atoms with Crippen LogP contribution in [0.2, 0.25) is 0 Å². The van der Waals surface area contributed by atoms with Crippen LogP contribution in [0, 0.1) is 27.2 Å². The number of para-hydroxylation sites is 1. The molecule has 0 atom stereocenters. The molecule has 0 bridgehead atoms. The molecule has 0 spiro atoms. The Hall–Kier alpha value is -3.24. The number of nitrogens with two attached hydrogens (primary N) is 1. The molecule has 2 rings (SSSR count). The van der Waals surface area contributed by atoms with Gasteiger partial charge in [0.25, 0.3) is 11.4 Å². The third-order valence-corrected chi connectivity index (χ3v) is 3.52. The molecule has 126 valence electrons. The zero-order chi connectivity index (χ0) is 18.0. The van der Waals surface area contributed by atoms with Crippen LogP contribution in [-0.2, 0) is 6.61 Å². The Morgan fingerprint density at radius 3 is 2.25 bits per heavy atom. The number of hydrazine groups is 1. The Labute approximate surface area is 135 Å². The third-order valence-electron chi connectivity index (χ3n) is 3.52. The maximum Gasteiger partial charge on any atom is 0.294 e. The Morgan fingerprint density at radius 1 is 1.08 bits per heavy atom. The second-order valence-electron chi connectivity index (χ2n) is 4.90. The molecule has 2 aromatic carbocycles. The van der Waals surface area contributed by atoms with Gasteiger partial charge in [-0.05, 0) is 13.0 Å². The fourth-order valence-corrected chi connectivity index (χ4v) is 2.42. The molecule has 0 saturated carbocycles. The number of nitro benzene ring substituents is 2. The largest absolute Gasteiger partial charge is 0.506 e. The minimum Gasteiger partial charge on any atom is -0.506 e. The lowest BCUT2D eigenvalue weighted by Gasteiger charge is -2.23. The van der Waals surface area contributed by atoms with Gasteiger partial charge in [-0.25, -0.2) is 5.84 Å². The van der Waals surface area contributed by atoms with Crippen LogP contribution in [0.1, 0.15) is 11.1 Å². The van der Waals surface area contributed by atoms with Crippen molar-refractivity contribution >= 4 is 22.7 Å². The van der Waals surface area contributed by atoms with Crippen LogP contribution in [0.5, 0.6) is 5.75 Å². The molecule has 0 aliphatic carbocycles. The average Bonchev–Trinajstić information content (AvgIpc) is 2.53. The Bertz CT molecular complexity index is 823. The molecular weight excluding hydrogens is 320 g/mol. The molecule has 0 radical (unpaired) electrons. The van der Waals surface area contributed by atoms with E-state index < -0.39 is 22.1 Å². The Kier molecular flexibility index (Phi) is 4.62. The Balaban J connectivity index is 2.75. The van der Waals surface area contributed by atoms with Crippen LogP contribution in [0.4, 0.5) is 22.7 Å². The summed E-state index contributed by atoms with van der Waals surface area (Å²) >= 11 is 0. The highest BCUT2D eigenvalue weighted by Crippen LogP contribution is 2.42. The van der Waals surface area contributed by atoms with Gasteiger partial charge in [-0.3, -0.25) is 25.2 Å². The van der Waals surface area contributed by atoms with Gasteiger partial charge >= 0.3 is 0 Å². The van der Waals surface area contributed by atoms with Crippen molar-refractivity contribution < 1.29 is 20.1 Å². The van der Waals surface area contributed by atoms with Crippen LogP contribution < -0.4 is 10.9 Å². The predicted molar refractivity (Wildman–Crippen MR) is 84.8 cm³/mol. The lowest BCUT2D eigenvalue weighted by Crippen LogP contribution is -2.28. The maximum absolute atomic E-state index is 11.2. The van der Waals surface area contributed by atoms with Crippen LogP contribution in [0.15, 0.2) is 30.3 Å². The molecule has 10 nitrogen and oxygen atoms in total. The van der Waals surface area contributed by atoms with E-state index in [4.69, 9.17) is 5.84 Å². The number of anilines is 2. The van der Waals surface area contributed by atoms with Gasteiger partial charge in [0.15, 0.2) is 0 Å². The van der Waals surface area contributed by atoms with Crippen molar-refractivity contribution in [2.75, 3.05) is 5.01 Å². The molecule has 0 fully saturated rings. The van der Waals surface area contributed by atoms with E-state index in [0.717, 1.165) is 17.1 Å². The van der Waals surface area contributed by atoms with Crippen LogP contribution in [0.25, 0.3) is 0 Å². The standard InChI is InChI=1S/C14H14N4O6/c1-8-10(17(21)22)5-6-12(20)13(8)16(15)14-9(7-19)3-2-4-11(14)18(23)24/h2-6,19-20H,7,15H2,1H3. The van der Waals surface area contributed by atoms with Gasteiger partial charge in [0.2, 0.25) is 0 Å². The second kappa shape index (κ2) is 6.48. The van der Waals surface area contributed by atoms with E-state index in [-0.39, 0.29) is 33.9 Å². The summed E-state index contributed by atoms with van der Waals surface area (Å²) in [5.74, 6) is 5.55. The van der Waals surface area contributed by atoms with Crippen molar-refractivity contribution in [1.82, 2.24) is 0 Å².